The number of hydrogen-bond donors (Lipinski definition) is 1. The first-order valence-electron chi connectivity index (χ1n) is 4.89. The lowest BCUT2D eigenvalue weighted by molar-refractivity contribution is 0.0981. The van der Waals surface area contributed by atoms with E-state index >= 15 is 0 Å². The molecule has 1 aromatic carbocycles. The second-order valence-electron chi connectivity index (χ2n) is 3.45. The van der Waals surface area contributed by atoms with E-state index in [1.807, 2.05) is 31.3 Å². The number of fused-ring (bicyclic) bond motifs is 1. The van der Waals surface area contributed by atoms with Crippen molar-refractivity contribution in [2.24, 2.45) is 12.8 Å². The zero-order valence-corrected chi connectivity index (χ0v) is 8.60. The molecule has 0 amide bonds. The zero-order valence-electron chi connectivity index (χ0n) is 8.60. The van der Waals surface area contributed by atoms with Crippen LogP contribution in [-0.2, 0) is 7.05 Å². The average molecular weight is 203 g/mol. The number of aryl methyl sites for hydroxylation is 1. The molecule has 1 aromatic heterocycles. The number of ketones is 1. The van der Waals surface area contributed by atoms with Crippen LogP contribution in [0.3, 0.4) is 0 Å². The van der Waals surface area contributed by atoms with Crippen LogP contribution in [0.4, 0.5) is 0 Å². The summed E-state index contributed by atoms with van der Waals surface area (Å²) in [5, 5.41) is 5.12. The molecule has 0 saturated heterocycles. The minimum absolute atomic E-state index is 0.00861. The van der Waals surface area contributed by atoms with E-state index in [-0.39, 0.29) is 5.78 Å². The summed E-state index contributed by atoms with van der Waals surface area (Å²) in [5.41, 5.74) is 6.86. The predicted octanol–water partition coefficient (Wildman–Crippen LogP) is 1.10. The summed E-state index contributed by atoms with van der Waals surface area (Å²) in [4.78, 5) is 11.7. The minimum Gasteiger partial charge on any atom is -0.330 e. The molecule has 1 heterocycles. The van der Waals surface area contributed by atoms with Gasteiger partial charge in [0.15, 0.2) is 5.78 Å². The monoisotopic (exact) mass is 203 g/mol. The van der Waals surface area contributed by atoms with Crippen LogP contribution >= 0.6 is 0 Å². The Morgan fingerprint density at radius 2 is 2.20 bits per heavy atom. The number of carbonyl (C=O) groups excluding carboxylic acids is 1. The van der Waals surface area contributed by atoms with Gasteiger partial charge in [0, 0.05) is 18.9 Å². The van der Waals surface area contributed by atoms with Gasteiger partial charge in [-0.1, -0.05) is 18.2 Å². The summed E-state index contributed by atoms with van der Waals surface area (Å²) < 4.78 is 1.72. The molecule has 2 N–H and O–H groups in total. The van der Waals surface area contributed by atoms with Crippen molar-refractivity contribution < 1.29 is 4.79 Å². The van der Waals surface area contributed by atoms with E-state index in [1.54, 1.807) is 4.68 Å². The van der Waals surface area contributed by atoms with Gasteiger partial charge in [-0.05, 0) is 12.6 Å². The zero-order chi connectivity index (χ0) is 10.8. The number of hydrogen-bond acceptors (Lipinski definition) is 3. The van der Waals surface area contributed by atoms with Crippen LogP contribution in [0.5, 0.6) is 0 Å². The molecule has 0 fully saturated rings. The standard InChI is InChI=1S/C11H13N3O/c1-14-9-5-3-2-4-8(9)11(13-14)10(15)6-7-12/h2-5H,6-7,12H2,1H3. The molecule has 0 unspecified atom stereocenters. The molecule has 0 aliphatic carbocycles. The van der Waals surface area contributed by atoms with Crippen molar-refractivity contribution in [2.75, 3.05) is 6.54 Å². The molecule has 4 heteroatoms. The third kappa shape index (κ3) is 1.64. The molecule has 0 bridgehead atoms. The Labute approximate surface area is 87.7 Å². The number of para-hydroxylation sites is 1. The highest BCUT2D eigenvalue weighted by atomic mass is 16.1. The molecule has 0 aliphatic rings. The number of aromatic nitrogens is 2. The topological polar surface area (TPSA) is 60.9 Å². The van der Waals surface area contributed by atoms with Crippen molar-refractivity contribution in [2.45, 2.75) is 6.42 Å². The van der Waals surface area contributed by atoms with Crippen molar-refractivity contribution >= 4 is 16.7 Å². The first-order valence-corrected chi connectivity index (χ1v) is 4.89. The molecule has 0 aliphatic heterocycles. The predicted molar refractivity (Wildman–Crippen MR) is 58.7 cm³/mol. The lowest BCUT2D eigenvalue weighted by Crippen LogP contribution is -2.09. The highest BCUT2D eigenvalue weighted by Crippen LogP contribution is 2.18. The lowest BCUT2D eigenvalue weighted by Gasteiger charge is -1.93. The quantitative estimate of drug-likeness (QED) is 0.760. The summed E-state index contributed by atoms with van der Waals surface area (Å²) in [6, 6.07) is 7.69. The Hall–Kier alpha value is -1.68. The molecule has 2 aromatic rings. The van der Waals surface area contributed by atoms with Crippen molar-refractivity contribution in [3.8, 4) is 0 Å². The Balaban J connectivity index is 2.57. The maximum absolute atomic E-state index is 11.7. The average Bonchev–Trinajstić information content (AvgIpc) is 2.58. The van der Waals surface area contributed by atoms with Crippen LogP contribution in [0.15, 0.2) is 24.3 Å². The number of benzene rings is 1. The Morgan fingerprint density at radius 3 is 2.93 bits per heavy atom. The number of carbonyl (C=O) groups is 1. The van der Waals surface area contributed by atoms with Gasteiger partial charge >= 0.3 is 0 Å². The first-order chi connectivity index (χ1) is 7.24. The molecular formula is C11H13N3O. The molecule has 0 atom stereocenters. The van der Waals surface area contributed by atoms with E-state index < -0.39 is 0 Å². The molecule has 4 nitrogen and oxygen atoms in total. The van der Waals surface area contributed by atoms with Crippen LogP contribution in [0.2, 0.25) is 0 Å². The third-order valence-electron chi connectivity index (χ3n) is 2.39. The summed E-state index contributed by atoms with van der Waals surface area (Å²) in [6.07, 6.45) is 0.348. The van der Waals surface area contributed by atoms with Crippen LogP contribution < -0.4 is 5.73 Å². The van der Waals surface area contributed by atoms with Crippen molar-refractivity contribution in [3.05, 3.63) is 30.0 Å². The van der Waals surface area contributed by atoms with E-state index in [2.05, 4.69) is 5.10 Å². The van der Waals surface area contributed by atoms with E-state index in [1.165, 1.54) is 0 Å². The lowest BCUT2D eigenvalue weighted by atomic mass is 10.1. The van der Waals surface area contributed by atoms with Gasteiger partial charge in [0.05, 0.1) is 5.52 Å². The number of nitrogens with two attached hydrogens (primary N) is 1. The fourth-order valence-electron chi connectivity index (χ4n) is 1.67. The largest absolute Gasteiger partial charge is 0.330 e. The fraction of sp³-hybridized carbons (Fsp3) is 0.273. The van der Waals surface area contributed by atoms with Gasteiger partial charge in [-0.25, -0.2) is 0 Å². The maximum atomic E-state index is 11.7. The van der Waals surface area contributed by atoms with Crippen LogP contribution in [0.1, 0.15) is 16.9 Å². The fourth-order valence-corrected chi connectivity index (χ4v) is 1.67. The highest BCUT2D eigenvalue weighted by Gasteiger charge is 2.14. The van der Waals surface area contributed by atoms with Crippen molar-refractivity contribution in [1.29, 1.82) is 0 Å². The van der Waals surface area contributed by atoms with E-state index in [0.717, 1.165) is 10.9 Å². The van der Waals surface area contributed by atoms with E-state index in [4.69, 9.17) is 5.73 Å². The van der Waals surface area contributed by atoms with Gasteiger partial charge in [0.2, 0.25) is 0 Å². The Morgan fingerprint density at radius 1 is 1.47 bits per heavy atom. The molecule has 15 heavy (non-hydrogen) atoms. The molecule has 0 radical (unpaired) electrons. The van der Waals surface area contributed by atoms with Gasteiger partial charge in [-0.2, -0.15) is 5.10 Å². The van der Waals surface area contributed by atoms with Crippen molar-refractivity contribution in [1.82, 2.24) is 9.78 Å². The molecule has 78 valence electrons. The third-order valence-corrected chi connectivity index (χ3v) is 2.39. The van der Waals surface area contributed by atoms with E-state index in [9.17, 15) is 4.79 Å². The Kier molecular flexibility index (Phi) is 2.51. The second-order valence-corrected chi connectivity index (χ2v) is 3.45. The highest BCUT2D eigenvalue weighted by molar-refractivity contribution is 6.06. The molecular weight excluding hydrogens is 190 g/mol. The summed E-state index contributed by atoms with van der Waals surface area (Å²) in [5.74, 6) is 0.00861. The summed E-state index contributed by atoms with van der Waals surface area (Å²) in [7, 11) is 1.83. The van der Waals surface area contributed by atoms with Gasteiger partial charge < -0.3 is 5.73 Å². The first kappa shape index (κ1) is 9.86. The van der Waals surface area contributed by atoms with Crippen LogP contribution in [-0.4, -0.2) is 22.1 Å². The van der Waals surface area contributed by atoms with Gasteiger partial charge in [0.25, 0.3) is 0 Å². The van der Waals surface area contributed by atoms with Crippen LogP contribution in [0.25, 0.3) is 10.9 Å². The van der Waals surface area contributed by atoms with Gasteiger partial charge in [-0.15, -0.1) is 0 Å². The summed E-state index contributed by atoms with van der Waals surface area (Å²) in [6.45, 7) is 0.365. The number of nitrogens with zero attached hydrogens (tertiary/aromatic N) is 2. The molecule has 2 rings (SSSR count). The second kappa shape index (κ2) is 3.82. The molecule has 0 spiro atoms. The maximum Gasteiger partial charge on any atom is 0.184 e. The Bertz CT molecular complexity index is 502. The number of rotatable bonds is 3. The summed E-state index contributed by atoms with van der Waals surface area (Å²) >= 11 is 0. The molecule has 0 saturated carbocycles. The minimum atomic E-state index is 0.00861. The van der Waals surface area contributed by atoms with Crippen molar-refractivity contribution in [3.63, 3.8) is 0 Å². The smallest absolute Gasteiger partial charge is 0.184 e. The van der Waals surface area contributed by atoms with Crippen LogP contribution in [0, 0.1) is 0 Å². The number of Topliss-reactive ketones (excluding diaryl/α,β-unsaturated/α-hetero) is 1. The van der Waals surface area contributed by atoms with Gasteiger partial charge in [-0.3, -0.25) is 9.48 Å². The SMILES string of the molecule is Cn1nc(C(=O)CCN)c2ccccc21. The van der Waals surface area contributed by atoms with E-state index in [0.29, 0.717) is 18.7 Å². The van der Waals surface area contributed by atoms with Gasteiger partial charge in [0.1, 0.15) is 5.69 Å². The normalized spacial score (nSPS) is 10.8.